The van der Waals surface area contributed by atoms with E-state index in [1.807, 2.05) is 32.2 Å². The van der Waals surface area contributed by atoms with Gasteiger partial charge in [0.15, 0.2) is 11.5 Å². The van der Waals surface area contributed by atoms with Crippen LogP contribution in [0, 0.1) is 6.92 Å². The number of aromatic nitrogens is 3. The number of aryl methyl sites for hydroxylation is 1. The van der Waals surface area contributed by atoms with E-state index in [2.05, 4.69) is 10.1 Å². The SMILES string of the molecule is CCC(CO)c1nc2cc(C)ccn2n1. The molecule has 0 radical (unpaired) electrons. The van der Waals surface area contributed by atoms with Crippen LogP contribution < -0.4 is 0 Å². The van der Waals surface area contributed by atoms with Crippen LogP contribution in [0.25, 0.3) is 5.65 Å². The van der Waals surface area contributed by atoms with Gasteiger partial charge < -0.3 is 5.11 Å². The Morgan fingerprint density at radius 1 is 1.53 bits per heavy atom. The molecule has 0 aliphatic carbocycles. The number of hydrogen-bond acceptors (Lipinski definition) is 3. The van der Waals surface area contributed by atoms with E-state index in [0.29, 0.717) is 0 Å². The molecular formula is C11H15N3O. The van der Waals surface area contributed by atoms with E-state index in [0.717, 1.165) is 17.9 Å². The number of aliphatic hydroxyl groups excluding tert-OH is 1. The van der Waals surface area contributed by atoms with Crippen LogP contribution in [0.2, 0.25) is 0 Å². The predicted octanol–water partition coefficient (Wildman–Crippen LogP) is 1.52. The van der Waals surface area contributed by atoms with E-state index >= 15 is 0 Å². The second kappa shape index (κ2) is 3.98. The van der Waals surface area contributed by atoms with E-state index < -0.39 is 0 Å². The highest BCUT2D eigenvalue weighted by molar-refractivity contribution is 5.40. The molecule has 2 aromatic heterocycles. The molecule has 1 N–H and O–H groups in total. The van der Waals surface area contributed by atoms with Gasteiger partial charge in [0.1, 0.15) is 0 Å². The van der Waals surface area contributed by atoms with E-state index in [9.17, 15) is 0 Å². The van der Waals surface area contributed by atoms with Crippen molar-refractivity contribution >= 4 is 5.65 Å². The first-order valence-corrected chi connectivity index (χ1v) is 5.18. The fourth-order valence-electron chi connectivity index (χ4n) is 1.57. The molecule has 1 unspecified atom stereocenters. The molecule has 0 aliphatic rings. The van der Waals surface area contributed by atoms with E-state index in [-0.39, 0.29) is 12.5 Å². The van der Waals surface area contributed by atoms with Gasteiger partial charge in [-0.2, -0.15) is 5.10 Å². The molecule has 80 valence electrons. The fourth-order valence-corrected chi connectivity index (χ4v) is 1.57. The Morgan fingerprint density at radius 2 is 2.33 bits per heavy atom. The molecule has 0 fully saturated rings. The summed E-state index contributed by atoms with van der Waals surface area (Å²) in [7, 11) is 0. The van der Waals surface area contributed by atoms with Crippen LogP contribution >= 0.6 is 0 Å². The number of aliphatic hydroxyl groups is 1. The highest BCUT2D eigenvalue weighted by Crippen LogP contribution is 2.16. The maximum Gasteiger partial charge on any atom is 0.157 e. The molecule has 0 aromatic carbocycles. The monoisotopic (exact) mass is 205 g/mol. The van der Waals surface area contributed by atoms with Crippen LogP contribution in [0.3, 0.4) is 0 Å². The lowest BCUT2D eigenvalue weighted by atomic mass is 10.1. The maximum atomic E-state index is 9.17. The van der Waals surface area contributed by atoms with E-state index in [1.54, 1.807) is 4.52 Å². The van der Waals surface area contributed by atoms with Gasteiger partial charge in [-0.1, -0.05) is 6.92 Å². The maximum absolute atomic E-state index is 9.17. The summed E-state index contributed by atoms with van der Waals surface area (Å²) in [6, 6.07) is 3.98. The number of fused-ring (bicyclic) bond motifs is 1. The van der Waals surface area contributed by atoms with Crippen molar-refractivity contribution in [3.8, 4) is 0 Å². The summed E-state index contributed by atoms with van der Waals surface area (Å²) >= 11 is 0. The van der Waals surface area contributed by atoms with Crippen LogP contribution in [0.5, 0.6) is 0 Å². The second-order valence-corrected chi connectivity index (χ2v) is 3.76. The van der Waals surface area contributed by atoms with Gasteiger partial charge in [0.05, 0.1) is 6.61 Å². The van der Waals surface area contributed by atoms with Crippen molar-refractivity contribution in [1.82, 2.24) is 14.6 Å². The average Bonchev–Trinajstić information content (AvgIpc) is 2.62. The minimum Gasteiger partial charge on any atom is -0.396 e. The molecule has 4 nitrogen and oxygen atoms in total. The van der Waals surface area contributed by atoms with Crippen molar-refractivity contribution in [2.24, 2.45) is 0 Å². The largest absolute Gasteiger partial charge is 0.396 e. The molecule has 0 aliphatic heterocycles. The molecule has 0 saturated heterocycles. The second-order valence-electron chi connectivity index (χ2n) is 3.76. The summed E-state index contributed by atoms with van der Waals surface area (Å²) in [5.41, 5.74) is 2.01. The van der Waals surface area contributed by atoms with Gasteiger partial charge in [0.2, 0.25) is 0 Å². The van der Waals surface area contributed by atoms with E-state index in [4.69, 9.17) is 5.11 Å². The lowest BCUT2D eigenvalue weighted by molar-refractivity contribution is 0.257. The van der Waals surface area contributed by atoms with Crippen molar-refractivity contribution in [1.29, 1.82) is 0 Å². The third kappa shape index (κ3) is 1.85. The Morgan fingerprint density at radius 3 is 3.00 bits per heavy atom. The summed E-state index contributed by atoms with van der Waals surface area (Å²) < 4.78 is 1.75. The first-order chi connectivity index (χ1) is 7.24. The smallest absolute Gasteiger partial charge is 0.157 e. The summed E-state index contributed by atoms with van der Waals surface area (Å²) in [4.78, 5) is 4.41. The normalized spacial score (nSPS) is 13.3. The third-order valence-electron chi connectivity index (χ3n) is 2.59. The van der Waals surface area contributed by atoms with Gasteiger partial charge in [-0.3, -0.25) is 0 Å². The number of rotatable bonds is 3. The number of hydrogen-bond donors (Lipinski definition) is 1. The molecule has 2 aromatic rings. The molecule has 0 bridgehead atoms. The Kier molecular flexibility index (Phi) is 2.68. The third-order valence-corrected chi connectivity index (χ3v) is 2.59. The molecule has 2 rings (SSSR count). The van der Waals surface area contributed by atoms with Crippen molar-refractivity contribution in [2.45, 2.75) is 26.2 Å². The van der Waals surface area contributed by atoms with Gasteiger partial charge in [0.25, 0.3) is 0 Å². The summed E-state index contributed by atoms with van der Waals surface area (Å²) in [6.07, 6.45) is 2.75. The molecule has 2 heterocycles. The minimum atomic E-state index is 0.0465. The van der Waals surface area contributed by atoms with Gasteiger partial charge in [-0.25, -0.2) is 9.50 Å². The molecule has 1 atom stereocenters. The van der Waals surface area contributed by atoms with Crippen molar-refractivity contribution < 1.29 is 5.11 Å². The summed E-state index contributed by atoms with van der Waals surface area (Å²) in [5, 5.41) is 13.5. The van der Waals surface area contributed by atoms with Crippen LogP contribution in [-0.4, -0.2) is 26.3 Å². The highest BCUT2D eigenvalue weighted by Gasteiger charge is 2.13. The number of pyridine rings is 1. The predicted molar refractivity (Wildman–Crippen MR) is 57.8 cm³/mol. The van der Waals surface area contributed by atoms with Crippen molar-refractivity contribution in [3.05, 3.63) is 29.7 Å². The average molecular weight is 205 g/mol. The van der Waals surface area contributed by atoms with Crippen molar-refractivity contribution in [2.75, 3.05) is 6.61 Å². The Balaban J connectivity index is 2.46. The molecule has 4 heteroatoms. The first kappa shape index (κ1) is 10.1. The quantitative estimate of drug-likeness (QED) is 0.826. The summed E-state index contributed by atoms with van der Waals surface area (Å²) in [5.74, 6) is 0.774. The van der Waals surface area contributed by atoms with Crippen molar-refractivity contribution in [3.63, 3.8) is 0 Å². The molecular weight excluding hydrogens is 190 g/mol. The fraction of sp³-hybridized carbons (Fsp3) is 0.455. The highest BCUT2D eigenvalue weighted by atomic mass is 16.3. The van der Waals surface area contributed by atoms with Gasteiger partial charge in [-0.05, 0) is 31.0 Å². The Labute approximate surface area is 88.6 Å². The molecule has 0 spiro atoms. The number of nitrogens with zero attached hydrogens (tertiary/aromatic N) is 3. The zero-order valence-electron chi connectivity index (χ0n) is 9.01. The van der Waals surface area contributed by atoms with Crippen LogP contribution in [0.1, 0.15) is 30.7 Å². The van der Waals surface area contributed by atoms with Gasteiger partial charge >= 0.3 is 0 Å². The van der Waals surface area contributed by atoms with Crippen LogP contribution in [-0.2, 0) is 0 Å². The standard InChI is InChI=1S/C11H15N3O/c1-3-9(7-15)11-12-10-6-8(2)4-5-14(10)13-11/h4-6,9,15H,3,7H2,1-2H3. The lowest BCUT2D eigenvalue weighted by Crippen LogP contribution is -2.04. The zero-order chi connectivity index (χ0) is 10.8. The topological polar surface area (TPSA) is 50.4 Å². The molecule has 15 heavy (non-hydrogen) atoms. The Bertz CT molecular complexity index is 460. The van der Waals surface area contributed by atoms with Gasteiger partial charge in [-0.15, -0.1) is 0 Å². The molecule has 0 amide bonds. The van der Waals surface area contributed by atoms with E-state index in [1.165, 1.54) is 5.56 Å². The Hall–Kier alpha value is -1.42. The zero-order valence-corrected chi connectivity index (χ0v) is 9.01. The molecule has 0 saturated carbocycles. The minimum absolute atomic E-state index is 0.0465. The van der Waals surface area contributed by atoms with Gasteiger partial charge in [0, 0.05) is 12.1 Å². The van der Waals surface area contributed by atoms with Crippen LogP contribution in [0.4, 0.5) is 0 Å². The first-order valence-electron chi connectivity index (χ1n) is 5.18. The lowest BCUT2D eigenvalue weighted by Gasteiger charge is -2.04. The van der Waals surface area contributed by atoms with Crippen LogP contribution in [0.15, 0.2) is 18.3 Å². The summed E-state index contributed by atoms with van der Waals surface area (Å²) in [6.45, 7) is 4.15.